The minimum absolute atomic E-state index is 0.170. The maximum absolute atomic E-state index is 10.0. The molecule has 0 saturated heterocycles. The summed E-state index contributed by atoms with van der Waals surface area (Å²) in [6.07, 6.45) is 1.16. The highest BCUT2D eigenvalue weighted by atomic mass is 16.3. The van der Waals surface area contributed by atoms with Gasteiger partial charge in [-0.2, -0.15) is 0 Å². The van der Waals surface area contributed by atoms with E-state index in [4.69, 9.17) is 0 Å². The van der Waals surface area contributed by atoms with Crippen molar-refractivity contribution in [2.24, 2.45) is 0 Å². The number of hydrogen-bond acceptors (Lipinski definition) is 2. The zero-order chi connectivity index (χ0) is 14.1. The quantitative estimate of drug-likeness (QED) is 0.885. The van der Waals surface area contributed by atoms with Gasteiger partial charge in [0.1, 0.15) is 5.75 Å². The van der Waals surface area contributed by atoms with Gasteiger partial charge in [-0.3, -0.25) is 0 Å². The first-order valence-corrected chi connectivity index (χ1v) is 7.26. The highest BCUT2D eigenvalue weighted by molar-refractivity contribution is 5.41. The van der Waals surface area contributed by atoms with Crippen molar-refractivity contribution in [1.29, 1.82) is 0 Å². The van der Waals surface area contributed by atoms with Crippen LogP contribution in [0.5, 0.6) is 5.75 Å². The van der Waals surface area contributed by atoms with Crippen LogP contribution in [0.3, 0.4) is 0 Å². The molecule has 0 heterocycles. The van der Waals surface area contributed by atoms with Crippen molar-refractivity contribution in [3.63, 3.8) is 0 Å². The number of fused-ring (bicyclic) bond motifs is 1. The molecule has 0 amide bonds. The largest absolute Gasteiger partial charge is 0.508 e. The normalized spacial score (nSPS) is 18.2. The van der Waals surface area contributed by atoms with Crippen LogP contribution < -0.4 is 5.32 Å². The number of phenols is 1. The van der Waals surface area contributed by atoms with Crippen LogP contribution in [0.4, 0.5) is 0 Å². The maximum Gasteiger partial charge on any atom is 0.120 e. The molecule has 0 spiro atoms. The van der Waals surface area contributed by atoms with E-state index in [1.54, 1.807) is 0 Å². The van der Waals surface area contributed by atoms with Crippen molar-refractivity contribution in [1.82, 2.24) is 5.32 Å². The molecule has 0 aromatic heterocycles. The summed E-state index contributed by atoms with van der Waals surface area (Å²) in [7, 11) is 0. The molecule has 1 aliphatic rings. The molecule has 1 aliphatic carbocycles. The Hall–Kier alpha value is -1.80. The molecule has 20 heavy (non-hydrogen) atoms. The Labute approximate surface area is 120 Å². The SMILES string of the molecule is Cc1ccc(C(C)NCC2Cc3ccccc32)c(O)c1. The number of rotatable bonds is 4. The van der Waals surface area contributed by atoms with Gasteiger partial charge < -0.3 is 10.4 Å². The molecule has 3 rings (SSSR count). The van der Waals surface area contributed by atoms with Crippen LogP contribution >= 0.6 is 0 Å². The smallest absolute Gasteiger partial charge is 0.120 e. The van der Waals surface area contributed by atoms with Crippen LogP contribution in [0.1, 0.15) is 41.1 Å². The molecule has 0 fully saturated rings. The first-order chi connectivity index (χ1) is 9.65. The standard InChI is InChI=1S/C18H21NO/c1-12-7-8-16(18(20)9-12)13(2)19-11-15-10-14-5-3-4-6-17(14)15/h3-9,13,15,19-20H,10-11H2,1-2H3. The Morgan fingerprint density at radius 2 is 2.05 bits per heavy atom. The average Bonchev–Trinajstić information content (AvgIpc) is 2.39. The first-order valence-electron chi connectivity index (χ1n) is 7.26. The van der Waals surface area contributed by atoms with Crippen molar-refractivity contribution in [2.45, 2.75) is 32.2 Å². The summed E-state index contributed by atoms with van der Waals surface area (Å²) < 4.78 is 0. The Kier molecular flexibility index (Phi) is 3.49. The Morgan fingerprint density at radius 3 is 2.80 bits per heavy atom. The Bertz CT molecular complexity index is 621. The van der Waals surface area contributed by atoms with E-state index in [9.17, 15) is 5.11 Å². The number of phenolic OH excluding ortho intramolecular Hbond substituents is 1. The van der Waals surface area contributed by atoms with Gasteiger partial charge in [-0.1, -0.05) is 36.4 Å². The van der Waals surface area contributed by atoms with E-state index >= 15 is 0 Å². The fourth-order valence-electron chi connectivity index (χ4n) is 2.99. The molecule has 2 N–H and O–H groups in total. The summed E-state index contributed by atoms with van der Waals surface area (Å²) in [5.41, 5.74) is 5.01. The summed E-state index contributed by atoms with van der Waals surface area (Å²) in [4.78, 5) is 0. The molecule has 2 heteroatoms. The minimum Gasteiger partial charge on any atom is -0.508 e. The van der Waals surface area contributed by atoms with Gasteiger partial charge in [0.15, 0.2) is 0 Å². The van der Waals surface area contributed by atoms with Crippen LogP contribution in [0.25, 0.3) is 0 Å². The monoisotopic (exact) mass is 267 g/mol. The molecule has 104 valence electrons. The second kappa shape index (κ2) is 5.29. The van der Waals surface area contributed by atoms with Gasteiger partial charge in [0.25, 0.3) is 0 Å². The van der Waals surface area contributed by atoms with Gasteiger partial charge in [0.2, 0.25) is 0 Å². The summed E-state index contributed by atoms with van der Waals surface area (Å²) in [6.45, 7) is 5.06. The molecule has 0 aliphatic heterocycles. The van der Waals surface area contributed by atoms with E-state index < -0.39 is 0 Å². The summed E-state index contributed by atoms with van der Waals surface area (Å²) >= 11 is 0. The van der Waals surface area contributed by atoms with E-state index in [-0.39, 0.29) is 6.04 Å². The molecule has 2 atom stereocenters. The molecular formula is C18H21NO. The van der Waals surface area contributed by atoms with Crippen molar-refractivity contribution >= 4 is 0 Å². The average molecular weight is 267 g/mol. The molecule has 0 saturated carbocycles. The van der Waals surface area contributed by atoms with Crippen LogP contribution in [0.2, 0.25) is 0 Å². The van der Waals surface area contributed by atoms with E-state index in [1.165, 1.54) is 11.1 Å². The van der Waals surface area contributed by atoms with Gasteiger partial charge in [-0.05, 0) is 43.0 Å². The fourth-order valence-corrected chi connectivity index (χ4v) is 2.99. The van der Waals surface area contributed by atoms with Crippen molar-refractivity contribution in [3.8, 4) is 5.75 Å². The zero-order valence-corrected chi connectivity index (χ0v) is 12.1. The van der Waals surface area contributed by atoms with E-state index in [0.29, 0.717) is 11.7 Å². The summed E-state index contributed by atoms with van der Waals surface area (Å²) in [5, 5.41) is 13.6. The van der Waals surface area contributed by atoms with Crippen molar-refractivity contribution in [2.75, 3.05) is 6.54 Å². The predicted molar refractivity (Wildman–Crippen MR) is 82.1 cm³/mol. The maximum atomic E-state index is 10.0. The van der Waals surface area contributed by atoms with Gasteiger partial charge in [0.05, 0.1) is 0 Å². The number of aromatic hydroxyl groups is 1. The van der Waals surface area contributed by atoms with Gasteiger partial charge >= 0.3 is 0 Å². The van der Waals surface area contributed by atoms with Gasteiger partial charge in [-0.15, -0.1) is 0 Å². The summed E-state index contributed by atoms with van der Waals surface area (Å²) in [6, 6.07) is 14.7. The Morgan fingerprint density at radius 1 is 1.25 bits per heavy atom. The molecule has 2 aromatic rings. The lowest BCUT2D eigenvalue weighted by molar-refractivity contribution is 0.441. The number of nitrogens with one attached hydrogen (secondary N) is 1. The van der Waals surface area contributed by atoms with E-state index in [0.717, 1.165) is 24.1 Å². The lowest BCUT2D eigenvalue weighted by Crippen LogP contribution is -2.30. The second-order valence-corrected chi connectivity index (χ2v) is 5.79. The molecular weight excluding hydrogens is 246 g/mol. The third-order valence-electron chi connectivity index (χ3n) is 4.28. The van der Waals surface area contributed by atoms with Crippen LogP contribution in [0, 0.1) is 6.92 Å². The number of hydrogen-bond donors (Lipinski definition) is 2. The summed E-state index contributed by atoms with van der Waals surface area (Å²) in [5.74, 6) is 1.00. The topological polar surface area (TPSA) is 32.3 Å². The van der Waals surface area contributed by atoms with Crippen LogP contribution in [0.15, 0.2) is 42.5 Å². The predicted octanol–water partition coefficient (Wildman–Crippen LogP) is 3.69. The van der Waals surface area contributed by atoms with Gasteiger partial charge in [-0.25, -0.2) is 0 Å². The van der Waals surface area contributed by atoms with Gasteiger partial charge in [0, 0.05) is 24.1 Å². The second-order valence-electron chi connectivity index (χ2n) is 5.79. The lowest BCUT2D eigenvalue weighted by Gasteiger charge is -2.31. The first kappa shape index (κ1) is 13.2. The lowest BCUT2D eigenvalue weighted by atomic mass is 9.77. The third-order valence-corrected chi connectivity index (χ3v) is 4.28. The highest BCUT2D eigenvalue weighted by Gasteiger charge is 2.25. The Balaban J connectivity index is 1.62. The van der Waals surface area contributed by atoms with Crippen LogP contribution in [-0.2, 0) is 6.42 Å². The van der Waals surface area contributed by atoms with Crippen LogP contribution in [-0.4, -0.2) is 11.7 Å². The van der Waals surface area contributed by atoms with E-state index in [1.807, 2.05) is 25.1 Å². The fraction of sp³-hybridized carbons (Fsp3) is 0.333. The minimum atomic E-state index is 0.170. The number of benzene rings is 2. The third kappa shape index (κ3) is 2.44. The highest BCUT2D eigenvalue weighted by Crippen LogP contribution is 2.35. The molecule has 2 unspecified atom stereocenters. The zero-order valence-electron chi connectivity index (χ0n) is 12.1. The molecule has 0 radical (unpaired) electrons. The molecule has 2 aromatic carbocycles. The van der Waals surface area contributed by atoms with E-state index in [2.05, 4.69) is 36.5 Å². The van der Waals surface area contributed by atoms with Crippen molar-refractivity contribution < 1.29 is 5.11 Å². The molecule has 0 bridgehead atoms. The number of aryl methyl sites for hydroxylation is 1. The molecule has 2 nitrogen and oxygen atoms in total. The van der Waals surface area contributed by atoms with Crippen molar-refractivity contribution in [3.05, 3.63) is 64.7 Å².